The van der Waals surface area contributed by atoms with Crippen LogP contribution < -0.4 is 10.6 Å². The van der Waals surface area contributed by atoms with Crippen molar-refractivity contribution in [3.05, 3.63) is 48.2 Å². The molecule has 3 unspecified atom stereocenters. The van der Waals surface area contributed by atoms with Crippen molar-refractivity contribution in [3.8, 4) is 11.3 Å². The first kappa shape index (κ1) is 30.2. The van der Waals surface area contributed by atoms with E-state index in [1.165, 1.54) is 29.8 Å². The summed E-state index contributed by atoms with van der Waals surface area (Å²) < 4.78 is 2.49. The minimum absolute atomic E-state index is 0.0782. The van der Waals surface area contributed by atoms with Crippen molar-refractivity contribution in [2.75, 3.05) is 0 Å². The molecule has 3 atom stereocenters. The maximum atomic E-state index is 14.1. The zero-order chi connectivity index (χ0) is 28.5. The van der Waals surface area contributed by atoms with Gasteiger partial charge in [-0.2, -0.15) is 0 Å². The summed E-state index contributed by atoms with van der Waals surface area (Å²) in [5, 5.41) is 7.70. The third kappa shape index (κ3) is 6.99. The van der Waals surface area contributed by atoms with Crippen molar-refractivity contribution in [2.24, 2.45) is 5.41 Å². The molecule has 2 aromatic rings. The number of nitrogens with one attached hydrogen (secondary N) is 2. The summed E-state index contributed by atoms with van der Waals surface area (Å²) in [5.41, 5.74) is 2.78. The highest BCUT2D eigenvalue weighted by atomic mass is 32.1. The second kappa shape index (κ2) is 11.4. The van der Waals surface area contributed by atoms with Crippen LogP contribution in [0.5, 0.6) is 0 Å². The first-order valence-electron chi connectivity index (χ1n) is 14.2. The molecule has 1 amide bonds. The number of aryl methyl sites for hydroxylation is 1. The zero-order valence-electron chi connectivity index (χ0n) is 25.3. The Kier molecular flexibility index (Phi) is 9.07. The largest absolute Gasteiger partial charge is 0.358 e. The van der Waals surface area contributed by atoms with Crippen LogP contribution in [0.4, 0.5) is 0 Å². The highest BCUT2D eigenvalue weighted by molar-refractivity contribution is 7.80. The predicted octanol–water partition coefficient (Wildman–Crippen LogP) is 7.25. The lowest BCUT2D eigenvalue weighted by atomic mass is 9.83. The van der Waals surface area contributed by atoms with E-state index in [0.29, 0.717) is 5.11 Å². The summed E-state index contributed by atoms with van der Waals surface area (Å²) in [4.78, 5) is 16.1. The van der Waals surface area contributed by atoms with Crippen molar-refractivity contribution in [2.45, 2.75) is 124 Å². The molecule has 1 heterocycles. The zero-order valence-corrected chi connectivity index (χ0v) is 26.1. The van der Waals surface area contributed by atoms with Crippen LogP contribution in [0.25, 0.3) is 11.3 Å². The van der Waals surface area contributed by atoms with Crippen LogP contribution >= 0.6 is 12.2 Å². The van der Waals surface area contributed by atoms with E-state index < -0.39 is 6.04 Å². The number of hydrogen-bond donors (Lipinski definition) is 2. The van der Waals surface area contributed by atoms with Crippen molar-refractivity contribution >= 4 is 23.2 Å². The Morgan fingerprint density at radius 3 is 2.05 bits per heavy atom. The standard InChI is InChI=1S/C32H50N4OS/c1-22-20-21-25(23-16-12-11-13-17-23)35(22)26-19-15-14-18-24(26)33-29(38)34-27(30(2,3)4)28(37)36(31(5,6)7)32(8,9)10/h11-13,16-17,20-21,24,26-27H,14-15,18-19H2,1-10H3,(H2,33,34,38). The molecule has 0 saturated heterocycles. The number of nitrogens with zero attached hydrogens (tertiary/aromatic N) is 2. The van der Waals surface area contributed by atoms with Crippen molar-refractivity contribution < 1.29 is 4.79 Å². The summed E-state index contributed by atoms with van der Waals surface area (Å²) in [7, 11) is 0. The molecule has 1 fully saturated rings. The van der Waals surface area contributed by atoms with Crippen LogP contribution in [0.15, 0.2) is 42.5 Å². The lowest BCUT2D eigenvalue weighted by molar-refractivity contribution is -0.147. The molecule has 1 aliphatic rings. The second-order valence-corrected chi connectivity index (χ2v) is 14.4. The number of hydrogen-bond acceptors (Lipinski definition) is 2. The first-order chi connectivity index (χ1) is 17.5. The van der Waals surface area contributed by atoms with Crippen LogP contribution in [0.3, 0.4) is 0 Å². The normalized spacial score (nSPS) is 19.5. The molecular formula is C32H50N4OS. The van der Waals surface area contributed by atoms with E-state index in [2.05, 4.69) is 127 Å². The molecule has 38 heavy (non-hydrogen) atoms. The monoisotopic (exact) mass is 538 g/mol. The van der Waals surface area contributed by atoms with Gasteiger partial charge in [-0.05, 0) is 96.6 Å². The van der Waals surface area contributed by atoms with E-state index in [1.807, 2.05) is 4.90 Å². The van der Waals surface area contributed by atoms with E-state index in [9.17, 15) is 4.79 Å². The van der Waals surface area contributed by atoms with Crippen LogP contribution in [0.1, 0.15) is 99.7 Å². The van der Waals surface area contributed by atoms with Crippen LogP contribution in [-0.2, 0) is 4.79 Å². The molecule has 0 aliphatic heterocycles. The van der Waals surface area contributed by atoms with Crippen molar-refractivity contribution in [1.82, 2.24) is 20.1 Å². The van der Waals surface area contributed by atoms with E-state index in [1.54, 1.807) is 0 Å². The van der Waals surface area contributed by atoms with Gasteiger partial charge in [0.15, 0.2) is 5.11 Å². The molecule has 0 radical (unpaired) electrons. The summed E-state index contributed by atoms with van der Waals surface area (Å²) >= 11 is 5.91. The Hall–Kier alpha value is -2.34. The first-order valence-corrected chi connectivity index (χ1v) is 14.6. The van der Waals surface area contributed by atoms with Gasteiger partial charge in [-0.1, -0.05) is 63.9 Å². The summed E-state index contributed by atoms with van der Waals surface area (Å²) in [6.45, 7) is 21.1. The second-order valence-electron chi connectivity index (χ2n) is 14.0. The smallest absolute Gasteiger partial charge is 0.246 e. The SMILES string of the molecule is Cc1ccc(-c2ccccc2)n1C1CCCCC1NC(=S)NC(C(=O)N(C(C)(C)C)C(C)(C)C)C(C)(C)C. The molecule has 210 valence electrons. The highest BCUT2D eigenvalue weighted by Gasteiger charge is 2.43. The molecule has 1 aromatic carbocycles. The van der Waals surface area contributed by atoms with Gasteiger partial charge in [-0.25, -0.2) is 0 Å². The number of benzene rings is 1. The van der Waals surface area contributed by atoms with Gasteiger partial charge in [-0.15, -0.1) is 0 Å². The molecule has 1 aromatic heterocycles. The minimum atomic E-state index is -0.448. The number of carbonyl (C=O) groups excluding carboxylic acids is 1. The maximum absolute atomic E-state index is 14.1. The van der Waals surface area contributed by atoms with Crippen LogP contribution in [-0.4, -0.2) is 43.6 Å². The Labute approximate surface area is 236 Å². The van der Waals surface area contributed by atoms with E-state index in [-0.39, 0.29) is 34.5 Å². The summed E-state index contributed by atoms with van der Waals surface area (Å²) in [5.74, 6) is 0.0782. The average Bonchev–Trinajstić information content (AvgIpc) is 3.17. The molecule has 1 saturated carbocycles. The van der Waals surface area contributed by atoms with Gasteiger partial charge in [0.25, 0.3) is 0 Å². The van der Waals surface area contributed by atoms with Gasteiger partial charge >= 0.3 is 0 Å². The van der Waals surface area contributed by atoms with Crippen molar-refractivity contribution in [1.29, 1.82) is 0 Å². The maximum Gasteiger partial charge on any atom is 0.246 e. The molecule has 0 spiro atoms. The van der Waals surface area contributed by atoms with Gasteiger partial charge in [0, 0.05) is 28.5 Å². The Balaban J connectivity index is 1.86. The van der Waals surface area contributed by atoms with E-state index in [0.717, 1.165) is 12.8 Å². The fourth-order valence-corrected chi connectivity index (χ4v) is 6.48. The van der Waals surface area contributed by atoms with Gasteiger partial charge < -0.3 is 20.1 Å². The van der Waals surface area contributed by atoms with Gasteiger partial charge in [0.2, 0.25) is 5.91 Å². The van der Waals surface area contributed by atoms with E-state index in [4.69, 9.17) is 12.2 Å². The van der Waals surface area contributed by atoms with Gasteiger partial charge in [-0.3, -0.25) is 4.79 Å². The number of rotatable bonds is 5. The summed E-state index contributed by atoms with van der Waals surface area (Å²) in [6.07, 6.45) is 4.51. The lowest BCUT2D eigenvalue weighted by Gasteiger charge is -2.49. The number of aromatic nitrogens is 1. The quantitative estimate of drug-likeness (QED) is 0.394. The Morgan fingerprint density at radius 2 is 1.50 bits per heavy atom. The average molecular weight is 539 g/mol. The molecular weight excluding hydrogens is 488 g/mol. The molecule has 2 N–H and O–H groups in total. The third-order valence-corrected chi connectivity index (χ3v) is 7.76. The fraction of sp³-hybridized carbons (Fsp3) is 0.625. The molecule has 3 rings (SSSR count). The minimum Gasteiger partial charge on any atom is -0.358 e. The Bertz CT molecular complexity index is 1090. The van der Waals surface area contributed by atoms with Crippen molar-refractivity contribution in [3.63, 3.8) is 0 Å². The number of carbonyl (C=O) groups is 1. The Morgan fingerprint density at radius 1 is 0.921 bits per heavy atom. The van der Waals surface area contributed by atoms with Crippen LogP contribution in [0.2, 0.25) is 0 Å². The number of amides is 1. The highest BCUT2D eigenvalue weighted by Crippen LogP contribution is 2.35. The molecule has 6 heteroatoms. The third-order valence-electron chi connectivity index (χ3n) is 7.52. The molecule has 5 nitrogen and oxygen atoms in total. The van der Waals surface area contributed by atoms with E-state index >= 15 is 0 Å². The number of thiocarbonyl (C=S) groups is 1. The van der Waals surface area contributed by atoms with Gasteiger partial charge in [0.05, 0.1) is 6.04 Å². The lowest BCUT2D eigenvalue weighted by Crippen LogP contribution is -2.65. The molecule has 0 bridgehead atoms. The summed E-state index contributed by atoms with van der Waals surface area (Å²) in [6, 6.07) is 15.1. The topological polar surface area (TPSA) is 49.3 Å². The van der Waals surface area contributed by atoms with Crippen LogP contribution in [0, 0.1) is 12.3 Å². The molecule has 1 aliphatic carbocycles. The van der Waals surface area contributed by atoms with Gasteiger partial charge in [0.1, 0.15) is 6.04 Å². The predicted molar refractivity (Wildman–Crippen MR) is 164 cm³/mol. The fourth-order valence-electron chi connectivity index (χ4n) is 6.21.